The molecule has 2 rings (SSSR count). The van der Waals surface area contributed by atoms with Gasteiger partial charge in [0.15, 0.2) is 0 Å². The summed E-state index contributed by atoms with van der Waals surface area (Å²) in [6.07, 6.45) is 0.471. The maximum absolute atomic E-state index is 12.5. The van der Waals surface area contributed by atoms with Crippen LogP contribution in [0.5, 0.6) is 0 Å². The fourth-order valence-electron chi connectivity index (χ4n) is 2.29. The molecular formula is C11H20N4O3S. The molecular weight excluding hydrogens is 268 g/mol. The first kappa shape index (κ1) is 14.4. The Hall–Kier alpha value is -0.960. The highest BCUT2D eigenvalue weighted by Crippen LogP contribution is 2.28. The summed E-state index contributed by atoms with van der Waals surface area (Å²) >= 11 is 0. The summed E-state index contributed by atoms with van der Waals surface area (Å²) in [6.45, 7) is 6.00. The first-order valence-corrected chi connectivity index (χ1v) is 7.68. The summed E-state index contributed by atoms with van der Waals surface area (Å²) in [5.41, 5.74) is 5.76. The minimum absolute atomic E-state index is 0.0728. The number of sulfonamides is 1. The molecule has 2 atom stereocenters. The van der Waals surface area contributed by atoms with Crippen molar-refractivity contribution in [3.63, 3.8) is 0 Å². The number of nitrogens with two attached hydrogens (primary N) is 1. The first-order valence-electron chi connectivity index (χ1n) is 6.19. The summed E-state index contributed by atoms with van der Waals surface area (Å²) in [5, 5.41) is 6.58. The third-order valence-corrected chi connectivity index (χ3v) is 5.49. The number of ether oxygens (including phenoxy) is 1. The molecule has 7 nitrogen and oxygen atoms in total. The lowest BCUT2D eigenvalue weighted by molar-refractivity contribution is 0.0957. The van der Waals surface area contributed by atoms with Crippen LogP contribution in [0, 0.1) is 6.92 Å². The number of hydrogen-bond acceptors (Lipinski definition) is 5. The molecule has 0 bridgehead atoms. The summed E-state index contributed by atoms with van der Waals surface area (Å²) in [7, 11) is -3.67. The molecule has 0 radical (unpaired) electrons. The fourth-order valence-corrected chi connectivity index (χ4v) is 4.16. The molecule has 0 aromatic carbocycles. The number of aromatic nitrogens is 2. The fraction of sp³-hybridized carbons (Fsp3) is 0.727. The minimum atomic E-state index is -3.67. The van der Waals surface area contributed by atoms with E-state index in [1.54, 1.807) is 6.92 Å². The maximum atomic E-state index is 12.5. The average molecular weight is 288 g/mol. The van der Waals surface area contributed by atoms with Crippen LogP contribution in [0.4, 0.5) is 0 Å². The molecule has 0 spiro atoms. The Labute approximate surface area is 113 Å². The van der Waals surface area contributed by atoms with Crippen LogP contribution in [0.25, 0.3) is 0 Å². The molecule has 19 heavy (non-hydrogen) atoms. The van der Waals surface area contributed by atoms with E-state index in [0.29, 0.717) is 24.4 Å². The molecule has 1 saturated heterocycles. The third-order valence-electron chi connectivity index (χ3n) is 3.68. The van der Waals surface area contributed by atoms with Crippen molar-refractivity contribution < 1.29 is 13.2 Å². The van der Waals surface area contributed by atoms with E-state index < -0.39 is 15.6 Å². The van der Waals surface area contributed by atoms with Gasteiger partial charge in [-0.15, -0.1) is 0 Å². The Morgan fingerprint density at radius 2 is 2.32 bits per heavy atom. The van der Waals surface area contributed by atoms with E-state index in [4.69, 9.17) is 10.5 Å². The van der Waals surface area contributed by atoms with E-state index in [9.17, 15) is 8.42 Å². The predicted octanol–water partition coefficient (Wildman–Crippen LogP) is 0.0226. The Balaban J connectivity index is 2.35. The molecule has 1 aliphatic rings. The summed E-state index contributed by atoms with van der Waals surface area (Å²) in [6, 6.07) is 0. The predicted molar refractivity (Wildman–Crippen MR) is 70.0 cm³/mol. The number of H-pyrrole nitrogens is 1. The topological polar surface area (TPSA) is 110 Å². The highest BCUT2D eigenvalue weighted by atomic mass is 32.2. The second-order valence-corrected chi connectivity index (χ2v) is 6.73. The van der Waals surface area contributed by atoms with Gasteiger partial charge < -0.3 is 10.5 Å². The van der Waals surface area contributed by atoms with E-state index in [0.717, 1.165) is 0 Å². The van der Waals surface area contributed by atoms with Gasteiger partial charge in [-0.3, -0.25) is 5.10 Å². The smallest absolute Gasteiger partial charge is 0.244 e. The normalized spacial score (nSPS) is 27.9. The van der Waals surface area contributed by atoms with Gasteiger partial charge in [0.05, 0.1) is 23.0 Å². The van der Waals surface area contributed by atoms with E-state index in [1.165, 1.54) is 0 Å². The molecule has 1 aromatic rings. The van der Waals surface area contributed by atoms with Crippen molar-refractivity contribution in [2.45, 2.75) is 50.3 Å². The second kappa shape index (κ2) is 4.86. The van der Waals surface area contributed by atoms with Crippen LogP contribution >= 0.6 is 0 Å². The number of rotatable bonds is 4. The SMILES string of the molecule is Cc1[nH]nc(CN)c1S(=O)(=O)NC1(C)CCOC1C. The zero-order valence-electron chi connectivity index (χ0n) is 11.4. The largest absolute Gasteiger partial charge is 0.376 e. The highest BCUT2D eigenvalue weighted by Gasteiger charge is 2.41. The molecule has 2 unspecified atom stereocenters. The van der Waals surface area contributed by atoms with Crippen molar-refractivity contribution in [2.24, 2.45) is 5.73 Å². The van der Waals surface area contributed by atoms with Gasteiger partial charge in [-0.05, 0) is 27.2 Å². The van der Waals surface area contributed by atoms with Crippen molar-refractivity contribution >= 4 is 10.0 Å². The number of aryl methyl sites for hydroxylation is 1. The molecule has 0 aliphatic carbocycles. The van der Waals surface area contributed by atoms with Crippen LogP contribution in [0.2, 0.25) is 0 Å². The average Bonchev–Trinajstić information content (AvgIpc) is 2.83. The van der Waals surface area contributed by atoms with Crippen molar-refractivity contribution in [3.05, 3.63) is 11.4 Å². The molecule has 2 heterocycles. The van der Waals surface area contributed by atoms with Gasteiger partial charge in [0.2, 0.25) is 10.0 Å². The standard InChI is InChI=1S/C11H20N4O3S/c1-7-10(9(6-12)14-13-7)19(16,17)15-11(3)4-5-18-8(11)2/h8,15H,4-6,12H2,1-3H3,(H,13,14). The van der Waals surface area contributed by atoms with Crippen LogP contribution in [0.1, 0.15) is 31.7 Å². The molecule has 4 N–H and O–H groups in total. The van der Waals surface area contributed by atoms with Gasteiger partial charge in [-0.2, -0.15) is 5.10 Å². The van der Waals surface area contributed by atoms with Crippen LogP contribution in [-0.4, -0.2) is 36.9 Å². The maximum Gasteiger partial charge on any atom is 0.244 e. The van der Waals surface area contributed by atoms with Gasteiger partial charge in [0.1, 0.15) is 4.90 Å². The lowest BCUT2D eigenvalue weighted by atomic mass is 9.97. The second-order valence-electron chi connectivity index (χ2n) is 5.11. The Kier molecular flexibility index (Phi) is 3.69. The molecule has 0 saturated carbocycles. The molecule has 1 aromatic heterocycles. The zero-order valence-corrected chi connectivity index (χ0v) is 12.2. The van der Waals surface area contributed by atoms with E-state index in [-0.39, 0.29) is 17.5 Å². The monoisotopic (exact) mass is 288 g/mol. The van der Waals surface area contributed by atoms with Gasteiger partial charge in [0.25, 0.3) is 0 Å². The summed E-state index contributed by atoms with van der Waals surface area (Å²) in [5.74, 6) is 0. The minimum Gasteiger partial charge on any atom is -0.376 e. The lowest BCUT2D eigenvalue weighted by Gasteiger charge is -2.28. The number of aromatic amines is 1. The summed E-state index contributed by atoms with van der Waals surface area (Å²) in [4.78, 5) is 0.148. The number of nitrogens with one attached hydrogen (secondary N) is 2. The third kappa shape index (κ3) is 2.53. The van der Waals surface area contributed by atoms with Gasteiger partial charge in [-0.1, -0.05) is 0 Å². The number of hydrogen-bond donors (Lipinski definition) is 3. The molecule has 1 aliphatic heterocycles. The van der Waals surface area contributed by atoms with E-state index in [1.807, 2.05) is 13.8 Å². The summed E-state index contributed by atoms with van der Waals surface area (Å²) < 4.78 is 33.2. The zero-order chi connectivity index (χ0) is 14.3. The Bertz CT molecular complexity index is 568. The van der Waals surface area contributed by atoms with Gasteiger partial charge >= 0.3 is 0 Å². The van der Waals surface area contributed by atoms with Crippen molar-refractivity contribution in [2.75, 3.05) is 6.61 Å². The molecule has 0 amide bonds. The van der Waals surface area contributed by atoms with Gasteiger partial charge in [-0.25, -0.2) is 13.1 Å². The van der Waals surface area contributed by atoms with Crippen molar-refractivity contribution in [3.8, 4) is 0 Å². The van der Waals surface area contributed by atoms with E-state index >= 15 is 0 Å². The Morgan fingerprint density at radius 3 is 2.84 bits per heavy atom. The van der Waals surface area contributed by atoms with Crippen LogP contribution in [0.3, 0.4) is 0 Å². The Morgan fingerprint density at radius 1 is 1.63 bits per heavy atom. The van der Waals surface area contributed by atoms with Crippen molar-refractivity contribution in [1.29, 1.82) is 0 Å². The highest BCUT2D eigenvalue weighted by molar-refractivity contribution is 7.89. The van der Waals surface area contributed by atoms with Crippen molar-refractivity contribution in [1.82, 2.24) is 14.9 Å². The van der Waals surface area contributed by atoms with Crippen LogP contribution in [0.15, 0.2) is 4.90 Å². The quantitative estimate of drug-likeness (QED) is 0.723. The molecule has 8 heteroatoms. The molecule has 1 fully saturated rings. The van der Waals surface area contributed by atoms with Crippen LogP contribution in [-0.2, 0) is 21.3 Å². The van der Waals surface area contributed by atoms with Crippen LogP contribution < -0.4 is 10.5 Å². The molecule has 108 valence electrons. The number of nitrogens with zero attached hydrogens (tertiary/aromatic N) is 1. The van der Waals surface area contributed by atoms with Gasteiger partial charge in [0, 0.05) is 13.2 Å². The van der Waals surface area contributed by atoms with E-state index in [2.05, 4.69) is 14.9 Å². The lowest BCUT2D eigenvalue weighted by Crippen LogP contribution is -2.50. The first-order chi connectivity index (χ1) is 8.80.